The zero-order valence-corrected chi connectivity index (χ0v) is 13.6. The molecule has 3 rings (SSSR count). The molecule has 3 aromatic rings. The molecule has 0 spiro atoms. The molecule has 0 atom stereocenters. The minimum atomic E-state index is -0.495. The molecule has 0 fully saturated rings. The van der Waals surface area contributed by atoms with Gasteiger partial charge in [-0.25, -0.2) is 0 Å². The van der Waals surface area contributed by atoms with Crippen LogP contribution >= 0.6 is 0 Å². The molecule has 7 nitrogen and oxygen atoms in total. The molecule has 0 saturated carbocycles. The van der Waals surface area contributed by atoms with Crippen molar-refractivity contribution in [3.63, 3.8) is 0 Å². The minimum Gasteiger partial charge on any atom is -0.495 e. The fraction of sp³-hybridized carbons (Fsp3) is 0.111. The molecular formula is C18H16N2O5. The number of fused-ring (bicyclic) bond motifs is 1. The van der Waals surface area contributed by atoms with Crippen LogP contribution in [0.5, 0.6) is 11.5 Å². The van der Waals surface area contributed by atoms with E-state index in [2.05, 4.69) is 10.5 Å². The third-order valence-electron chi connectivity index (χ3n) is 3.65. The fourth-order valence-electron chi connectivity index (χ4n) is 2.46. The average molecular weight is 340 g/mol. The number of rotatable bonds is 4. The molecule has 0 aliphatic rings. The second-order valence-electron chi connectivity index (χ2n) is 5.10. The highest BCUT2D eigenvalue weighted by molar-refractivity contribution is 6.06. The molecule has 2 N–H and O–H groups in total. The van der Waals surface area contributed by atoms with E-state index in [1.165, 1.54) is 14.2 Å². The van der Waals surface area contributed by atoms with Gasteiger partial charge in [0.05, 0.1) is 19.9 Å². The lowest BCUT2D eigenvalue weighted by molar-refractivity contribution is 0.102. The number of carbonyl (C=O) groups excluding carboxylic acids is 1. The van der Waals surface area contributed by atoms with Gasteiger partial charge in [0.25, 0.3) is 11.5 Å². The monoisotopic (exact) mass is 340 g/mol. The third kappa shape index (κ3) is 3.12. The molecule has 0 unspecified atom stereocenters. The molecule has 0 radical (unpaired) electrons. The summed E-state index contributed by atoms with van der Waals surface area (Å²) in [6.07, 6.45) is 0. The van der Waals surface area contributed by atoms with E-state index in [0.717, 1.165) is 0 Å². The zero-order chi connectivity index (χ0) is 17.8. The standard InChI is InChI=1S/C18H16N2O5/c1-23-14-8-4-3-7-13(14)19-17(21)12-10-11-6-5-9-15(24-2)16(11)25-18(12)20-22/h3-10,22H,1-2H3,(H,19,21). The second-order valence-corrected chi connectivity index (χ2v) is 5.10. The molecule has 0 bridgehead atoms. The summed E-state index contributed by atoms with van der Waals surface area (Å²) in [7, 11) is 3.01. The van der Waals surface area contributed by atoms with Crippen molar-refractivity contribution < 1.29 is 23.9 Å². The van der Waals surface area contributed by atoms with Crippen LogP contribution in [0.3, 0.4) is 0 Å². The van der Waals surface area contributed by atoms with Crippen LogP contribution in [0.1, 0.15) is 10.4 Å². The summed E-state index contributed by atoms with van der Waals surface area (Å²) < 4.78 is 16.0. The van der Waals surface area contributed by atoms with Gasteiger partial charge in [-0.1, -0.05) is 24.3 Å². The Kier molecular flexibility index (Phi) is 4.56. The summed E-state index contributed by atoms with van der Waals surface area (Å²) in [5.41, 5.74) is 0.731. The maximum atomic E-state index is 12.6. The van der Waals surface area contributed by atoms with E-state index in [-0.39, 0.29) is 11.1 Å². The molecule has 7 heteroatoms. The average Bonchev–Trinajstić information content (AvgIpc) is 2.66. The van der Waals surface area contributed by atoms with Crippen molar-refractivity contribution in [2.75, 3.05) is 19.5 Å². The van der Waals surface area contributed by atoms with Crippen molar-refractivity contribution in [2.24, 2.45) is 5.16 Å². The van der Waals surface area contributed by atoms with Gasteiger partial charge in [-0.3, -0.25) is 4.79 Å². The quantitative estimate of drug-likeness (QED) is 0.562. The van der Waals surface area contributed by atoms with Crippen LogP contribution in [0.2, 0.25) is 0 Å². The third-order valence-corrected chi connectivity index (χ3v) is 3.65. The second kappa shape index (κ2) is 6.96. The Hall–Kier alpha value is -3.48. The van der Waals surface area contributed by atoms with Crippen LogP contribution in [-0.4, -0.2) is 25.3 Å². The number of benzene rings is 2. The Labute approximate surface area is 143 Å². The largest absolute Gasteiger partial charge is 0.495 e. The molecule has 0 aliphatic carbocycles. The van der Waals surface area contributed by atoms with Crippen molar-refractivity contribution >= 4 is 22.6 Å². The predicted molar refractivity (Wildman–Crippen MR) is 91.1 cm³/mol. The van der Waals surface area contributed by atoms with Gasteiger partial charge in [-0.05, 0) is 29.4 Å². The van der Waals surface area contributed by atoms with Crippen LogP contribution < -0.4 is 20.3 Å². The highest BCUT2D eigenvalue weighted by atomic mass is 16.5. The summed E-state index contributed by atoms with van der Waals surface area (Å²) in [5.74, 6) is 0.489. The van der Waals surface area contributed by atoms with Crippen LogP contribution in [-0.2, 0) is 0 Å². The van der Waals surface area contributed by atoms with Gasteiger partial charge in [0.2, 0.25) is 0 Å². The molecule has 1 heterocycles. The number of hydrogen-bond donors (Lipinski definition) is 2. The molecular weight excluding hydrogens is 324 g/mol. The lowest BCUT2D eigenvalue weighted by atomic mass is 10.1. The van der Waals surface area contributed by atoms with Crippen LogP contribution in [0.25, 0.3) is 11.0 Å². The Morgan fingerprint density at radius 2 is 1.80 bits per heavy atom. The molecule has 2 aromatic carbocycles. The first-order chi connectivity index (χ1) is 12.2. The van der Waals surface area contributed by atoms with E-state index < -0.39 is 5.91 Å². The van der Waals surface area contributed by atoms with Crippen molar-refractivity contribution in [3.8, 4) is 11.5 Å². The first-order valence-electron chi connectivity index (χ1n) is 7.41. The number of amides is 1. The van der Waals surface area contributed by atoms with Crippen LogP contribution in [0, 0.1) is 0 Å². The van der Waals surface area contributed by atoms with E-state index in [0.29, 0.717) is 28.2 Å². The number of ether oxygens (including phenoxy) is 2. The fourth-order valence-corrected chi connectivity index (χ4v) is 2.46. The Bertz CT molecular complexity index is 994. The predicted octanol–water partition coefficient (Wildman–Crippen LogP) is 2.99. The number of hydrogen-bond acceptors (Lipinski definition) is 6. The van der Waals surface area contributed by atoms with Crippen molar-refractivity contribution in [3.05, 3.63) is 59.6 Å². The maximum Gasteiger partial charge on any atom is 0.268 e. The highest BCUT2D eigenvalue weighted by Crippen LogP contribution is 2.26. The van der Waals surface area contributed by atoms with Crippen LogP contribution in [0.15, 0.2) is 58.1 Å². The minimum absolute atomic E-state index is 0.0779. The number of methoxy groups -OCH3 is 2. The van der Waals surface area contributed by atoms with Crippen molar-refractivity contribution in [2.45, 2.75) is 0 Å². The Morgan fingerprint density at radius 3 is 2.52 bits per heavy atom. The molecule has 1 aromatic heterocycles. The molecule has 128 valence electrons. The van der Waals surface area contributed by atoms with Gasteiger partial charge in [0.15, 0.2) is 11.3 Å². The molecule has 1 amide bonds. The smallest absolute Gasteiger partial charge is 0.268 e. The number of para-hydroxylation sites is 3. The summed E-state index contributed by atoms with van der Waals surface area (Å²) >= 11 is 0. The lowest BCUT2D eigenvalue weighted by Crippen LogP contribution is -2.22. The first-order valence-corrected chi connectivity index (χ1v) is 7.41. The van der Waals surface area contributed by atoms with Crippen molar-refractivity contribution in [1.82, 2.24) is 0 Å². The van der Waals surface area contributed by atoms with Crippen molar-refractivity contribution in [1.29, 1.82) is 0 Å². The number of nitrogens with zero attached hydrogens (tertiary/aromatic N) is 1. The number of carbonyl (C=O) groups is 1. The maximum absolute atomic E-state index is 12.6. The van der Waals surface area contributed by atoms with Crippen LogP contribution in [0.4, 0.5) is 5.69 Å². The Morgan fingerprint density at radius 1 is 1.08 bits per heavy atom. The van der Waals surface area contributed by atoms with E-state index in [9.17, 15) is 10.0 Å². The summed E-state index contributed by atoms with van der Waals surface area (Å²) in [5, 5.41) is 15.7. The van der Waals surface area contributed by atoms with Gasteiger partial charge < -0.3 is 24.4 Å². The van der Waals surface area contributed by atoms with E-state index >= 15 is 0 Å². The van der Waals surface area contributed by atoms with Gasteiger partial charge in [0, 0.05) is 5.39 Å². The van der Waals surface area contributed by atoms with Gasteiger partial charge in [-0.2, -0.15) is 0 Å². The number of nitrogens with one attached hydrogen (secondary N) is 1. The first kappa shape index (κ1) is 16.4. The summed E-state index contributed by atoms with van der Waals surface area (Å²) in [6.45, 7) is 0. The normalized spacial score (nSPS) is 11.4. The molecule has 0 saturated heterocycles. The lowest BCUT2D eigenvalue weighted by Gasteiger charge is -2.10. The van der Waals surface area contributed by atoms with E-state index in [1.807, 2.05) is 0 Å². The zero-order valence-electron chi connectivity index (χ0n) is 13.6. The SMILES string of the molecule is COc1ccccc1NC(=O)c1cc2cccc(OC)c2oc1=NO. The summed E-state index contributed by atoms with van der Waals surface area (Å²) in [4.78, 5) is 12.6. The Balaban J connectivity index is 2.07. The number of anilines is 1. The summed E-state index contributed by atoms with van der Waals surface area (Å²) in [6, 6.07) is 13.8. The molecule has 25 heavy (non-hydrogen) atoms. The topological polar surface area (TPSA) is 93.3 Å². The van der Waals surface area contributed by atoms with Gasteiger partial charge in [0.1, 0.15) is 11.3 Å². The highest BCUT2D eigenvalue weighted by Gasteiger charge is 2.16. The van der Waals surface area contributed by atoms with E-state index in [1.54, 1.807) is 48.5 Å². The van der Waals surface area contributed by atoms with Gasteiger partial charge in [-0.15, -0.1) is 0 Å². The van der Waals surface area contributed by atoms with E-state index in [4.69, 9.17) is 13.9 Å². The molecule has 0 aliphatic heterocycles. The van der Waals surface area contributed by atoms with Gasteiger partial charge >= 0.3 is 0 Å².